The van der Waals surface area contributed by atoms with Crippen molar-refractivity contribution in [3.8, 4) is 0 Å². The highest BCUT2D eigenvalue weighted by atomic mass is 16.5. The predicted molar refractivity (Wildman–Crippen MR) is 75.2 cm³/mol. The van der Waals surface area contributed by atoms with Crippen molar-refractivity contribution < 1.29 is 9.47 Å². The Balaban J connectivity index is 1.60. The van der Waals surface area contributed by atoms with Gasteiger partial charge in [0.2, 0.25) is 0 Å². The van der Waals surface area contributed by atoms with Gasteiger partial charge in [-0.25, -0.2) is 0 Å². The van der Waals surface area contributed by atoms with Gasteiger partial charge < -0.3 is 9.47 Å². The lowest BCUT2D eigenvalue weighted by Crippen LogP contribution is -2.05. The van der Waals surface area contributed by atoms with Gasteiger partial charge in [-0.3, -0.25) is 9.36 Å². The molecule has 6 heteroatoms. The highest BCUT2D eigenvalue weighted by Gasteiger charge is 2.02. The fourth-order valence-corrected chi connectivity index (χ4v) is 1.88. The molecule has 0 aromatic carbocycles. The Morgan fingerprint density at radius 3 is 1.55 bits per heavy atom. The van der Waals surface area contributed by atoms with Crippen LogP contribution >= 0.6 is 0 Å². The second kappa shape index (κ2) is 6.67. The molecule has 0 N–H and O–H groups in total. The molecular formula is C14H22N4O2. The van der Waals surface area contributed by atoms with E-state index in [-0.39, 0.29) is 0 Å². The van der Waals surface area contributed by atoms with E-state index in [9.17, 15) is 0 Å². The van der Waals surface area contributed by atoms with Crippen molar-refractivity contribution in [2.75, 3.05) is 13.2 Å². The van der Waals surface area contributed by atoms with E-state index in [0.717, 1.165) is 22.8 Å². The summed E-state index contributed by atoms with van der Waals surface area (Å²) < 4.78 is 14.7. The number of nitrogens with zero attached hydrogens (tertiary/aromatic N) is 4. The topological polar surface area (TPSA) is 54.1 Å². The van der Waals surface area contributed by atoms with Crippen LogP contribution in [0.25, 0.3) is 0 Å². The smallest absolute Gasteiger partial charge is 0.0907 e. The summed E-state index contributed by atoms with van der Waals surface area (Å²) in [5.41, 5.74) is 4.16. The molecule has 0 saturated heterocycles. The van der Waals surface area contributed by atoms with Crippen LogP contribution < -0.4 is 0 Å². The summed E-state index contributed by atoms with van der Waals surface area (Å²) >= 11 is 0. The van der Waals surface area contributed by atoms with E-state index in [4.69, 9.17) is 9.47 Å². The van der Waals surface area contributed by atoms with Crippen LogP contribution in [-0.4, -0.2) is 32.8 Å². The van der Waals surface area contributed by atoms with Gasteiger partial charge in [0.05, 0.1) is 37.8 Å². The zero-order chi connectivity index (χ0) is 14.5. The number of aryl methyl sites for hydroxylation is 4. The number of rotatable bonds is 7. The Hall–Kier alpha value is -1.66. The van der Waals surface area contributed by atoms with E-state index in [2.05, 4.69) is 10.2 Å². The van der Waals surface area contributed by atoms with Crippen LogP contribution in [0.5, 0.6) is 0 Å². The minimum Gasteiger partial charge on any atom is -0.373 e. The summed E-state index contributed by atoms with van der Waals surface area (Å²) in [6.45, 7) is 6.20. The zero-order valence-corrected chi connectivity index (χ0v) is 12.6. The van der Waals surface area contributed by atoms with Gasteiger partial charge in [-0.15, -0.1) is 0 Å². The van der Waals surface area contributed by atoms with Gasteiger partial charge >= 0.3 is 0 Å². The molecule has 20 heavy (non-hydrogen) atoms. The van der Waals surface area contributed by atoms with Crippen molar-refractivity contribution in [2.24, 2.45) is 14.1 Å². The molecule has 0 amide bonds. The van der Waals surface area contributed by atoms with Gasteiger partial charge in [0, 0.05) is 25.5 Å². The number of ether oxygens (including phenoxy) is 2. The van der Waals surface area contributed by atoms with E-state index in [0.29, 0.717) is 26.4 Å². The molecule has 0 bridgehead atoms. The van der Waals surface area contributed by atoms with Crippen LogP contribution in [0.1, 0.15) is 22.8 Å². The summed E-state index contributed by atoms with van der Waals surface area (Å²) in [5.74, 6) is 0. The summed E-state index contributed by atoms with van der Waals surface area (Å²) in [5, 5.41) is 8.65. The molecule has 2 aromatic rings. The maximum atomic E-state index is 5.53. The fraction of sp³-hybridized carbons (Fsp3) is 0.571. The van der Waals surface area contributed by atoms with Crippen LogP contribution in [0, 0.1) is 13.8 Å². The van der Waals surface area contributed by atoms with E-state index in [1.54, 1.807) is 0 Å². The minimum absolute atomic E-state index is 0.522. The zero-order valence-electron chi connectivity index (χ0n) is 12.6. The number of hydrogen-bond donors (Lipinski definition) is 0. The fourth-order valence-electron chi connectivity index (χ4n) is 1.88. The van der Waals surface area contributed by atoms with Gasteiger partial charge in [0.1, 0.15) is 0 Å². The lowest BCUT2D eigenvalue weighted by atomic mass is 10.4. The van der Waals surface area contributed by atoms with Crippen molar-refractivity contribution in [3.05, 3.63) is 34.9 Å². The molecule has 2 aromatic heterocycles. The first kappa shape index (κ1) is 14.7. The molecule has 0 saturated carbocycles. The van der Waals surface area contributed by atoms with Gasteiger partial charge in [0.25, 0.3) is 0 Å². The predicted octanol–water partition coefficient (Wildman–Crippen LogP) is 1.50. The Labute approximate surface area is 119 Å². The lowest BCUT2D eigenvalue weighted by Gasteiger charge is -2.03. The minimum atomic E-state index is 0.522. The quantitative estimate of drug-likeness (QED) is 0.720. The second-order valence-corrected chi connectivity index (χ2v) is 4.91. The van der Waals surface area contributed by atoms with Crippen molar-refractivity contribution in [1.82, 2.24) is 19.6 Å². The largest absolute Gasteiger partial charge is 0.373 e. The average Bonchev–Trinajstić information content (AvgIpc) is 2.88. The number of hydrogen-bond acceptors (Lipinski definition) is 4. The van der Waals surface area contributed by atoms with Gasteiger partial charge in [0.15, 0.2) is 0 Å². The SMILES string of the molecule is Cc1cc(COCCOCc2cc(C)n(C)n2)nn1C. The highest BCUT2D eigenvalue weighted by molar-refractivity contribution is 5.07. The third kappa shape index (κ3) is 3.91. The molecule has 0 aliphatic rings. The van der Waals surface area contributed by atoms with E-state index < -0.39 is 0 Å². The van der Waals surface area contributed by atoms with Crippen molar-refractivity contribution in [2.45, 2.75) is 27.1 Å². The summed E-state index contributed by atoms with van der Waals surface area (Å²) in [4.78, 5) is 0. The molecule has 0 radical (unpaired) electrons. The van der Waals surface area contributed by atoms with Crippen LogP contribution in [0.15, 0.2) is 12.1 Å². The molecule has 0 unspecified atom stereocenters. The molecule has 2 heterocycles. The molecule has 0 spiro atoms. The first-order chi connectivity index (χ1) is 9.56. The van der Waals surface area contributed by atoms with Gasteiger partial charge in [-0.1, -0.05) is 0 Å². The molecule has 110 valence electrons. The standard InChI is InChI=1S/C14H22N4O2/c1-11-7-13(15-17(11)3)9-19-5-6-20-10-14-8-12(2)18(4)16-14/h7-8H,5-6,9-10H2,1-4H3. The van der Waals surface area contributed by atoms with E-state index >= 15 is 0 Å². The van der Waals surface area contributed by atoms with Crippen LogP contribution in [0.3, 0.4) is 0 Å². The summed E-state index contributed by atoms with van der Waals surface area (Å²) in [6.07, 6.45) is 0. The maximum Gasteiger partial charge on any atom is 0.0907 e. The third-order valence-corrected chi connectivity index (χ3v) is 3.20. The Morgan fingerprint density at radius 1 is 0.850 bits per heavy atom. The Morgan fingerprint density at radius 2 is 1.25 bits per heavy atom. The van der Waals surface area contributed by atoms with Crippen molar-refractivity contribution >= 4 is 0 Å². The van der Waals surface area contributed by atoms with Crippen LogP contribution in [0.2, 0.25) is 0 Å². The molecule has 0 aliphatic carbocycles. The molecule has 0 atom stereocenters. The highest BCUT2D eigenvalue weighted by Crippen LogP contribution is 2.04. The lowest BCUT2D eigenvalue weighted by molar-refractivity contribution is 0.0316. The van der Waals surface area contributed by atoms with Crippen molar-refractivity contribution in [1.29, 1.82) is 0 Å². The molecule has 0 fully saturated rings. The molecular weight excluding hydrogens is 256 g/mol. The summed E-state index contributed by atoms with van der Waals surface area (Å²) in [7, 11) is 3.85. The number of aromatic nitrogens is 4. The van der Waals surface area contributed by atoms with Crippen LogP contribution in [-0.2, 0) is 36.8 Å². The Bertz CT molecular complexity index is 470. The van der Waals surface area contributed by atoms with Gasteiger partial charge in [-0.2, -0.15) is 10.2 Å². The Kier molecular flexibility index (Phi) is 4.92. The molecule has 2 rings (SSSR count). The normalized spacial score (nSPS) is 11.2. The monoisotopic (exact) mass is 278 g/mol. The average molecular weight is 278 g/mol. The van der Waals surface area contributed by atoms with Crippen LogP contribution in [0.4, 0.5) is 0 Å². The molecule has 6 nitrogen and oxygen atoms in total. The van der Waals surface area contributed by atoms with Crippen molar-refractivity contribution in [3.63, 3.8) is 0 Å². The van der Waals surface area contributed by atoms with Gasteiger partial charge in [-0.05, 0) is 26.0 Å². The second-order valence-electron chi connectivity index (χ2n) is 4.91. The molecule has 0 aliphatic heterocycles. The first-order valence-corrected chi connectivity index (χ1v) is 6.71. The first-order valence-electron chi connectivity index (χ1n) is 6.71. The summed E-state index contributed by atoms with van der Waals surface area (Å²) in [6, 6.07) is 4.05. The van der Waals surface area contributed by atoms with E-state index in [1.807, 2.05) is 49.4 Å². The maximum absolute atomic E-state index is 5.53. The van der Waals surface area contributed by atoms with E-state index in [1.165, 1.54) is 0 Å². The third-order valence-electron chi connectivity index (χ3n) is 3.20.